The summed E-state index contributed by atoms with van der Waals surface area (Å²) in [5, 5.41) is 0. The molecule has 0 saturated carbocycles. The Morgan fingerprint density at radius 2 is 2.05 bits per heavy atom. The van der Waals surface area contributed by atoms with Crippen molar-refractivity contribution in [3.8, 4) is 11.6 Å². The van der Waals surface area contributed by atoms with Crippen molar-refractivity contribution in [3.63, 3.8) is 0 Å². The third-order valence-corrected chi connectivity index (χ3v) is 3.19. The average Bonchev–Trinajstić information content (AvgIpc) is 2.42. The fraction of sp³-hybridized carbons (Fsp3) is 0.143. The van der Waals surface area contributed by atoms with E-state index >= 15 is 0 Å². The Morgan fingerprint density at radius 1 is 1.26 bits per heavy atom. The van der Waals surface area contributed by atoms with E-state index in [1.165, 1.54) is 6.20 Å². The van der Waals surface area contributed by atoms with Gasteiger partial charge in [0.05, 0.1) is 15.7 Å². The molecule has 0 aliphatic rings. The van der Waals surface area contributed by atoms with Crippen LogP contribution in [-0.2, 0) is 4.74 Å². The molecule has 0 saturated heterocycles. The predicted octanol–water partition coefficient (Wildman–Crippen LogP) is 3.66. The molecule has 0 atom stereocenters. The lowest BCUT2D eigenvalue weighted by atomic mass is 10.3. The van der Waals surface area contributed by atoms with Crippen molar-refractivity contribution in [2.45, 2.75) is 6.92 Å². The molecule has 98 valence electrons. The zero-order valence-corrected chi connectivity index (χ0v) is 12.5. The molecule has 1 aromatic carbocycles. The summed E-state index contributed by atoms with van der Waals surface area (Å²) in [7, 11) is 0. The number of hydrogen-bond acceptors (Lipinski definition) is 4. The van der Waals surface area contributed by atoms with Gasteiger partial charge in [0.25, 0.3) is 0 Å². The number of carbonyl (C=O) groups is 1. The van der Waals surface area contributed by atoms with Crippen molar-refractivity contribution >= 4 is 28.6 Å². The minimum atomic E-state index is -0.379. The zero-order valence-electron chi connectivity index (χ0n) is 10.3. The number of para-hydroxylation sites is 1. The van der Waals surface area contributed by atoms with E-state index in [0.29, 0.717) is 18.1 Å². The zero-order chi connectivity index (χ0) is 13.7. The molecule has 5 heteroatoms. The second kappa shape index (κ2) is 6.51. The highest BCUT2D eigenvalue weighted by atomic mass is 127. The van der Waals surface area contributed by atoms with Crippen molar-refractivity contribution in [1.82, 2.24) is 4.98 Å². The molecule has 0 aliphatic carbocycles. The van der Waals surface area contributed by atoms with Gasteiger partial charge >= 0.3 is 5.97 Å². The number of aromatic nitrogens is 1. The molecule has 1 heterocycles. The minimum absolute atomic E-state index is 0.347. The monoisotopic (exact) mass is 369 g/mol. The Hall–Kier alpha value is -1.63. The van der Waals surface area contributed by atoms with Crippen molar-refractivity contribution in [2.75, 3.05) is 6.61 Å². The Kier molecular flexibility index (Phi) is 4.73. The summed E-state index contributed by atoms with van der Waals surface area (Å²) >= 11 is 2.19. The molecular weight excluding hydrogens is 357 g/mol. The van der Waals surface area contributed by atoms with Crippen LogP contribution in [0, 0.1) is 3.57 Å². The SMILES string of the molecule is CCOC(=O)c1ccc(Oc2ccccc2I)nc1. The molecule has 0 fully saturated rings. The van der Waals surface area contributed by atoms with Crippen LogP contribution in [0.5, 0.6) is 11.6 Å². The molecule has 2 rings (SSSR count). The number of carbonyl (C=O) groups excluding carboxylic acids is 1. The Balaban J connectivity index is 2.11. The molecule has 0 spiro atoms. The minimum Gasteiger partial charge on any atom is -0.462 e. The van der Waals surface area contributed by atoms with Crippen LogP contribution in [0.25, 0.3) is 0 Å². The molecule has 0 N–H and O–H groups in total. The van der Waals surface area contributed by atoms with Gasteiger partial charge in [-0.2, -0.15) is 0 Å². The van der Waals surface area contributed by atoms with E-state index in [2.05, 4.69) is 27.6 Å². The smallest absolute Gasteiger partial charge is 0.339 e. The van der Waals surface area contributed by atoms with Crippen LogP contribution in [0.2, 0.25) is 0 Å². The fourth-order valence-electron chi connectivity index (χ4n) is 1.42. The molecule has 0 amide bonds. The molecule has 19 heavy (non-hydrogen) atoms. The van der Waals surface area contributed by atoms with Gasteiger partial charge in [0, 0.05) is 12.3 Å². The molecule has 0 radical (unpaired) electrons. The fourth-order valence-corrected chi connectivity index (χ4v) is 1.91. The molecule has 2 aromatic rings. The summed E-state index contributed by atoms with van der Waals surface area (Å²) in [6.07, 6.45) is 1.45. The number of hydrogen-bond donors (Lipinski definition) is 0. The standard InChI is InChI=1S/C14H12INO3/c1-2-18-14(17)10-7-8-13(16-9-10)19-12-6-4-3-5-11(12)15/h3-9H,2H2,1H3. The molecule has 0 bridgehead atoms. The van der Waals surface area contributed by atoms with Crippen LogP contribution < -0.4 is 4.74 Å². The molecular formula is C14H12INO3. The number of ether oxygens (including phenoxy) is 2. The number of benzene rings is 1. The first-order valence-electron chi connectivity index (χ1n) is 5.76. The first kappa shape index (κ1) is 13.8. The number of halogens is 1. The van der Waals surface area contributed by atoms with E-state index in [0.717, 1.165) is 9.32 Å². The van der Waals surface area contributed by atoms with Crippen LogP contribution >= 0.6 is 22.6 Å². The van der Waals surface area contributed by atoms with E-state index in [1.54, 1.807) is 19.1 Å². The highest BCUT2D eigenvalue weighted by Gasteiger charge is 2.08. The van der Waals surface area contributed by atoms with Gasteiger partial charge in [0.1, 0.15) is 5.75 Å². The van der Waals surface area contributed by atoms with Crippen molar-refractivity contribution in [1.29, 1.82) is 0 Å². The van der Waals surface area contributed by atoms with E-state index in [4.69, 9.17) is 9.47 Å². The molecule has 0 unspecified atom stereocenters. The van der Waals surface area contributed by atoms with Gasteiger partial charge in [-0.15, -0.1) is 0 Å². The molecule has 0 aliphatic heterocycles. The average molecular weight is 369 g/mol. The first-order chi connectivity index (χ1) is 9.20. The van der Waals surface area contributed by atoms with Crippen molar-refractivity contribution in [2.24, 2.45) is 0 Å². The molecule has 4 nitrogen and oxygen atoms in total. The number of rotatable bonds is 4. The first-order valence-corrected chi connectivity index (χ1v) is 6.84. The highest BCUT2D eigenvalue weighted by Crippen LogP contribution is 2.24. The third-order valence-electron chi connectivity index (χ3n) is 2.30. The van der Waals surface area contributed by atoms with Crippen LogP contribution in [-0.4, -0.2) is 17.6 Å². The van der Waals surface area contributed by atoms with Gasteiger partial charge in [0.15, 0.2) is 0 Å². The summed E-state index contributed by atoms with van der Waals surface area (Å²) in [5.74, 6) is 0.799. The maximum atomic E-state index is 11.5. The lowest BCUT2D eigenvalue weighted by Crippen LogP contribution is -2.05. The summed E-state index contributed by atoms with van der Waals surface area (Å²) in [6, 6.07) is 10.9. The Bertz CT molecular complexity index is 569. The van der Waals surface area contributed by atoms with Gasteiger partial charge < -0.3 is 9.47 Å². The summed E-state index contributed by atoms with van der Waals surface area (Å²) < 4.78 is 11.5. The maximum Gasteiger partial charge on any atom is 0.339 e. The van der Waals surface area contributed by atoms with Crippen molar-refractivity contribution < 1.29 is 14.3 Å². The number of nitrogens with zero attached hydrogens (tertiary/aromatic N) is 1. The summed E-state index contributed by atoms with van der Waals surface area (Å²) in [4.78, 5) is 15.6. The quantitative estimate of drug-likeness (QED) is 0.610. The maximum absolute atomic E-state index is 11.5. The largest absolute Gasteiger partial charge is 0.462 e. The second-order valence-corrected chi connectivity index (χ2v) is 4.80. The lowest BCUT2D eigenvalue weighted by molar-refractivity contribution is 0.0526. The second-order valence-electron chi connectivity index (χ2n) is 3.64. The number of pyridine rings is 1. The van der Waals surface area contributed by atoms with Crippen LogP contribution in [0.15, 0.2) is 42.6 Å². The lowest BCUT2D eigenvalue weighted by Gasteiger charge is -2.07. The third kappa shape index (κ3) is 3.66. The Labute approximate surface area is 124 Å². The van der Waals surface area contributed by atoms with Crippen LogP contribution in [0.4, 0.5) is 0 Å². The van der Waals surface area contributed by atoms with Crippen LogP contribution in [0.3, 0.4) is 0 Å². The van der Waals surface area contributed by atoms with Gasteiger partial charge in [-0.1, -0.05) is 12.1 Å². The number of esters is 1. The van der Waals surface area contributed by atoms with Gasteiger partial charge in [-0.3, -0.25) is 0 Å². The normalized spacial score (nSPS) is 10.0. The van der Waals surface area contributed by atoms with E-state index in [-0.39, 0.29) is 5.97 Å². The summed E-state index contributed by atoms with van der Waals surface area (Å²) in [5.41, 5.74) is 0.414. The highest BCUT2D eigenvalue weighted by molar-refractivity contribution is 14.1. The van der Waals surface area contributed by atoms with Gasteiger partial charge in [-0.05, 0) is 47.7 Å². The molecule has 1 aromatic heterocycles. The summed E-state index contributed by atoms with van der Waals surface area (Å²) in [6.45, 7) is 2.11. The Morgan fingerprint density at radius 3 is 2.68 bits per heavy atom. The van der Waals surface area contributed by atoms with E-state index in [9.17, 15) is 4.79 Å². The van der Waals surface area contributed by atoms with Crippen molar-refractivity contribution in [3.05, 3.63) is 51.7 Å². The van der Waals surface area contributed by atoms with E-state index < -0.39 is 0 Å². The topological polar surface area (TPSA) is 48.4 Å². The van der Waals surface area contributed by atoms with Gasteiger partial charge in [0.2, 0.25) is 5.88 Å². The van der Waals surface area contributed by atoms with E-state index in [1.807, 2.05) is 24.3 Å². The van der Waals surface area contributed by atoms with Gasteiger partial charge in [-0.25, -0.2) is 9.78 Å². The predicted molar refractivity (Wildman–Crippen MR) is 79.4 cm³/mol. The van der Waals surface area contributed by atoms with Crippen LogP contribution in [0.1, 0.15) is 17.3 Å².